The Bertz CT molecular complexity index is 918. The van der Waals surface area contributed by atoms with Gasteiger partial charge in [-0.2, -0.15) is 13.2 Å². The molecular weight excluding hydrogens is 413 g/mol. The zero-order valence-electron chi connectivity index (χ0n) is 19.4. The summed E-state index contributed by atoms with van der Waals surface area (Å²) in [5.41, 5.74) is 2.78. The number of rotatable bonds is 10. The fourth-order valence-corrected chi connectivity index (χ4v) is 4.65. The van der Waals surface area contributed by atoms with Gasteiger partial charge in [0.15, 0.2) is 6.04 Å². The fourth-order valence-electron chi connectivity index (χ4n) is 4.65. The second-order valence-corrected chi connectivity index (χ2v) is 9.63. The van der Waals surface area contributed by atoms with Crippen LogP contribution in [0, 0.1) is 5.41 Å². The molecule has 2 aromatic carbocycles. The fraction of sp³-hybridized carbons (Fsp3) is 0.577. The first-order chi connectivity index (χ1) is 15.1. The predicted molar refractivity (Wildman–Crippen MR) is 123 cm³/mol. The molecule has 1 fully saturated rings. The van der Waals surface area contributed by atoms with E-state index in [9.17, 15) is 18.0 Å². The molecule has 1 amide bonds. The van der Waals surface area contributed by atoms with Crippen molar-refractivity contribution in [2.24, 2.45) is 5.41 Å². The molecule has 3 rings (SSSR count). The highest BCUT2D eigenvalue weighted by atomic mass is 19.4. The number of hydrogen-bond donors (Lipinski definition) is 1. The molecule has 2 aromatic rings. The van der Waals surface area contributed by atoms with Crippen molar-refractivity contribution in [1.82, 2.24) is 10.4 Å². The Kier molecular flexibility index (Phi) is 7.86. The Hall–Kier alpha value is -2.08. The molecule has 0 aliphatic carbocycles. The lowest BCUT2D eigenvalue weighted by Crippen LogP contribution is -2.43. The first kappa shape index (κ1) is 24.6. The predicted octanol–water partition coefficient (Wildman–Crippen LogP) is 7.11. The lowest BCUT2D eigenvalue weighted by atomic mass is 9.90. The number of fused-ring (bicyclic) bond motifs is 1. The molecule has 1 heterocycles. The van der Waals surface area contributed by atoms with E-state index in [-0.39, 0.29) is 18.0 Å². The van der Waals surface area contributed by atoms with E-state index in [1.165, 1.54) is 25.7 Å². The first-order valence-electron chi connectivity index (χ1n) is 11.8. The van der Waals surface area contributed by atoms with Gasteiger partial charge in [0.2, 0.25) is 5.91 Å². The Morgan fingerprint density at radius 1 is 1.00 bits per heavy atom. The van der Waals surface area contributed by atoms with Gasteiger partial charge < -0.3 is 0 Å². The Morgan fingerprint density at radius 2 is 1.62 bits per heavy atom. The molecule has 1 unspecified atom stereocenters. The number of halogens is 3. The maximum atomic E-state index is 14.4. The number of amides is 1. The molecule has 1 atom stereocenters. The quantitative estimate of drug-likeness (QED) is 0.393. The first-order valence-corrected chi connectivity index (χ1v) is 11.8. The summed E-state index contributed by atoms with van der Waals surface area (Å²) in [5, 5.41) is 2.55. The van der Waals surface area contributed by atoms with Crippen LogP contribution in [0.3, 0.4) is 0 Å². The van der Waals surface area contributed by atoms with E-state index in [0.29, 0.717) is 5.39 Å². The number of carbonyl (C=O) groups excluding carboxylic acids is 1. The number of hydrazine groups is 1. The number of carbonyl (C=O) groups is 1. The summed E-state index contributed by atoms with van der Waals surface area (Å²) in [4.78, 5) is 12.2. The minimum Gasteiger partial charge on any atom is -0.287 e. The van der Waals surface area contributed by atoms with E-state index in [1.54, 1.807) is 26.0 Å². The lowest BCUT2D eigenvalue weighted by molar-refractivity contribution is -0.191. The summed E-state index contributed by atoms with van der Waals surface area (Å²) < 4.78 is 43.1. The monoisotopic (exact) mass is 448 g/mol. The maximum absolute atomic E-state index is 14.4. The Balaban J connectivity index is 1.89. The van der Waals surface area contributed by atoms with Gasteiger partial charge in [0.25, 0.3) is 0 Å². The van der Waals surface area contributed by atoms with Crippen LogP contribution in [0.5, 0.6) is 0 Å². The van der Waals surface area contributed by atoms with Gasteiger partial charge in [0.1, 0.15) is 0 Å². The van der Waals surface area contributed by atoms with Crippen LogP contribution >= 0.6 is 0 Å². The number of hydrogen-bond acceptors (Lipinski definition) is 2. The standard InChI is InChI=1S/C26H35F3N2O/c1-4-5-6-7-8-9-10-13-19-14-11-15-20-16-12-17-21(22(19)20)23(26(27,28)29)31-18-25(2,3)24(32)30-31/h11-12,14-17,23H,4-10,13,18H2,1-3H3,(H,30,32). The molecule has 0 aromatic heterocycles. The molecule has 1 saturated heterocycles. The molecule has 0 radical (unpaired) electrons. The normalized spacial score (nSPS) is 17.6. The average molecular weight is 449 g/mol. The van der Waals surface area contributed by atoms with E-state index in [2.05, 4.69) is 12.3 Å². The van der Waals surface area contributed by atoms with Crippen LogP contribution in [-0.2, 0) is 11.2 Å². The number of nitrogens with one attached hydrogen (secondary N) is 1. The summed E-state index contributed by atoms with van der Waals surface area (Å²) in [7, 11) is 0. The van der Waals surface area contributed by atoms with Crippen molar-refractivity contribution in [3.63, 3.8) is 0 Å². The van der Waals surface area contributed by atoms with E-state index in [0.717, 1.165) is 41.6 Å². The van der Waals surface area contributed by atoms with Crippen molar-refractivity contribution in [2.45, 2.75) is 84.4 Å². The van der Waals surface area contributed by atoms with Crippen LogP contribution in [0.25, 0.3) is 10.8 Å². The smallest absolute Gasteiger partial charge is 0.287 e. The second-order valence-electron chi connectivity index (χ2n) is 9.63. The number of aryl methyl sites for hydroxylation is 1. The zero-order valence-corrected chi connectivity index (χ0v) is 19.4. The second kappa shape index (κ2) is 10.2. The zero-order chi connectivity index (χ0) is 23.4. The van der Waals surface area contributed by atoms with Gasteiger partial charge in [-0.05, 0) is 48.6 Å². The average Bonchev–Trinajstić information content (AvgIpc) is 2.98. The number of unbranched alkanes of at least 4 members (excludes halogenated alkanes) is 6. The van der Waals surface area contributed by atoms with Gasteiger partial charge in [-0.15, -0.1) is 0 Å². The highest BCUT2D eigenvalue weighted by Gasteiger charge is 2.51. The van der Waals surface area contributed by atoms with E-state index >= 15 is 0 Å². The topological polar surface area (TPSA) is 32.3 Å². The number of alkyl halides is 3. The van der Waals surface area contributed by atoms with Gasteiger partial charge >= 0.3 is 6.18 Å². The highest BCUT2D eigenvalue weighted by molar-refractivity contribution is 5.90. The largest absolute Gasteiger partial charge is 0.409 e. The van der Waals surface area contributed by atoms with E-state index in [4.69, 9.17) is 0 Å². The SMILES string of the molecule is CCCCCCCCCc1cccc2cccc(C(N3CC(C)(C)C(=O)N3)C(F)(F)F)c12. The van der Waals surface area contributed by atoms with Crippen LogP contribution in [0.4, 0.5) is 13.2 Å². The maximum Gasteiger partial charge on any atom is 0.409 e. The molecule has 32 heavy (non-hydrogen) atoms. The third-order valence-electron chi connectivity index (χ3n) is 6.41. The van der Waals surface area contributed by atoms with Crippen LogP contribution in [0.1, 0.15) is 82.9 Å². The summed E-state index contributed by atoms with van der Waals surface area (Å²) in [6.07, 6.45) is 4.39. The van der Waals surface area contributed by atoms with Crippen molar-refractivity contribution in [3.05, 3.63) is 47.5 Å². The van der Waals surface area contributed by atoms with Gasteiger partial charge in [-0.3, -0.25) is 10.2 Å². The molecule has 6 heteroatoms. The van der Waals surface area contributed by atoms with Crippen molar-refractivity contribution >= 4 is 16.7 Å². The summed E-state index contributed by atoms with van der Waals surface area (Å²) >= 11 is 0. The van der Waals surface area contributed by atoms with Crippen molar-refractivity contribution in [3.8, 4) is 0 Å². The molecule has 1 aliphatic heterocycles. The van der Waals surface area contributed by atoms with Crippen molar-refractivity contribution < 1.29 is 18.0 Å². The van der Waals surface area contributed by atoms with E-state index < -0.39 is 17.6 Å². The number of benzene rings is 2. The molecule has 1 N–H and O–H groups in total. The minimum atomic E-state index is -4.52. The Labute approximate surface area is 189 Å². The molecule has 176 valence electrons. The molecule has 1 aliphatic rings. The van der Waals surface area contributed by atoms with Gasteiger partial charge in [-0.1, -0.05) is 81.8 Å². The van der Waals surface area contributed by atoms with E-state index in [1.807, 2.05) is 24.3 Å². The summed E-state index contributed by atoms with van der Waals surface area (Å²) in [6, 6.07) is 8.96. The summed E-state index contributed by atoms with van der Waals surface area (Å²) in [6.45, 7) is 5.54. The molecular formula is C26H35F3N2O. The minimum absolute atomic E-state index is 0.00627. The van der Waals surface area contributed by atoms with Gasteiger partial charge in [-0.25, -0.2) is 5.01 Å². The van der Waals surface area contributed by atoms with Crippen molar-refractivity contribution in [2.75, 3.05) is 6.54 Å². The third-order valence-corrected chi connectivity index (χ3v) is 6.41. The van der Waals surface area contributed by atoms with Crippen LogP contribution in [0.15, 0.2) is 36.4 Å². The molecule has 0 bridgehead atoms. The van der Waals surface area contributed by atoms with Crippen LogP contribution < -0.4 is 5.43 Å². The highest BCUT2D eigenvalue weighted by Crippen LogP contribution is 2.43. The number of nitrogens with zero attached hydrogens (tertiary/aromatic N) is 1. The van der Waals surface area contributed by atoms with Crippen molar-refractivity contribution in [1.29, 1.82) is 0 Å². The molecule has 0 saturated carbocycles. The molecule has 0 spiro atoms. The van der Waals surface area contributed by atoms with Gasteiger partial charge in [0.05, 0.1) is 5.41 Å². The third kappa shape index (κ3) is 5.64. The molecule has 3 nitrogen and oxygen atoms in total. The van der Waals surface area contributed by atoms with Crippen LogP contribution in [-0.4, -0.2) is 23.6 Å². The Morgan fingerprint density at radius 3 is 2.22 bits per heavy atom. The lowest BCUT2D eigenvalue weighted by Gasteiger charge is -2.31. The van der Waals surface area contributed by atoms with Gasteiger partial charge in [0, 0.05) is 6.54 Å². The van der Waals surface area contributed by atoms with Crippen LogP contribution in [0.2, 0.25) is 0 Å². The summed E-state index contributed by atoms with van der Waals surface area (Å²) in [5.74, 6) is -0.379.